The van der Waals surface area contributed by atoms with E-state index in [1.807, 2.05) is 13.8 Å². The second-order valence-corrected chi connectivity index (χ2v) is 5.22. The summed E-state index contributed by atoms with van der Waals surface area (Å²) >= 11 is 3.37. The first-order valence-corrected chi connectivity index (χ1v) is 6.63. The fourth-order valence-corrected chi connectivity index (χ4v) is 2.45. The first-order valence-electron chi connectivity index (χ1n) is 5.83. The summed E-state index contributed by atoms with van der Waals surface area (Å²) in [5.41, 5.74) is 1.49. The van der Waals surface area contributed by atoms with Gasteiger partial charge in [-0.1, -0.05) is 26.0 Å². The number of benzene rings is 1. The van der Waals surface area contributed by atoms with Crippen LogP contribution in [0, 0.1) is 0 Å². The molecule has 19 heavy (non-hydrogen) atoms. The van der Waals surface area contributed by atoms with Crippen molar-refractivity contribution >= 4 is 27.5 Å². The molecule has 0 aliphatic heterocycles. The molecule has 1 heterocycles. The van der Waals surface area contributed by atoms with Crippen molar-refractivity contribution in [1.29, 1.82) is 0 Å². The molecule has 0 saturated carbocycles. The lowest BCUT2D eigenvalue weighted by Crippen LogP contribution is -2.13. The van der Waals surface area contributed by atoms with E-state index in [0.717, 1.165) is 5.69 Å². The molecule has 2 aromatic rings. The van der Waals surface area contributed by atoms with Gasteiger partial charge in [-0.05, 0) is 34.0 Å². The molecule has 5 nitrogen and oxygen atoms in total. The van der Waals surface area contributed by atoms with E-state index >= 15 is 0 Å². The number of amides is 1. The number of aromatic hydroxyl groups is 1. The number of phenols is 1. The summed E-state index contributed by atoms with van der Waals surface area (Å²) in [6.45, 7) is 4.01. The van der Waals surface area contributed by atoms with Gasteiger partial charge < -0.3 is 10.4 Å². The van der Waals surface area contributed by atoms with Crippen molar-refractivity contribution < 1.29 is 9.90 Å². The number of aromatic amines is 1. The lowest BCUT2D eigenvalue weighted by atomic mass is 10.1. The average molecular weight is 324 g/mol. The second-order valence-electron chi connectivity index (χ2n) is 4.43. The maximum Gasteiger partial charge on any atom is 0.277 e. The third kappa shape index (κ3) is 2.78. The first-order chi connectivity index (χ1) is 9.00. The Morgan fingerprint density at radius 3 is 2.68 bits per heavy atom. The third-order valence-corrected chi connectivity index (χ3v) is 3.48. The molecule has 1 aromatic heterocycles. The molecule has 0 atom stereocenters. The van der Waals surface area contributed by atoms with Crippen LogP contribution in [0.15, 0.2) is 28.7 Å². The van der Waals surface area contributed by atoms with Gasteiger partial charge in [0.2, 0.25) is 0 Å². The normalized spacial score (nSPS) is 10.7. The zero-order valence-corrected chi connectivity index (χ0v) is 12.2. The standard InChI is InChI=1S/C13H14BrN3O2/c1-7(2)11-10(14)12(17-16-11)13(19)15-8-5-3-4-6-9(8)18/h3-7,18H,1-2H3,(H,15,19)(H,16,17). The van der Waals surface area contributed by atoms with Crippen molar-refractivity contribution in [2.75, 3.05) is 5.32 Å². The summed E-state index contributed by atoms with van der Waals surface area (Å²) in [7, 11) is 0. The third-order valence-electron chi connectivity index (χ3n) is 2.68. The number of nitrogens with zero attached hydrogens (tertiary/aromatic N) is 1. The van der Waals surface area contributed by atoms with E-state index in [-0.39, 0.29) is 23.3 Å². The Hall–Kier alpha value is -1.82. The zero-order valence-electron chi connectivity index (χ0n) is 10.6. The van der Waals surface area contributed by atoms with Gasteiger partial charge >= 0.3 is 0 Å². The minimum absolute atomic E-state index is 0.0200. The van der Waals surface area contributed by atoms with Crippen LogP contribution in [-0.4, -0.2) is 21.2 Å². The van der Waals surface area contributed by atoms with E-state index in [1.54, 1.807) is 18.2 Å². The van der Waals surface area contributed by atoms with Crippen molar-refractivity contribution in [3.05, 3.63) is 40.1 Å². The quantitative estimate of drug-likeness (QED) is 0.758. The van der Waals surface area contributed by atoms with Gasteiger partial charge in [-0.2, -0.15) is 5.10 Å². The number of phenolic OH excluding ortho intramolecular Hbond substituents is 1. The Labute approximate surface area is 119 Å². The maximum absolute atomic E-state index is 12.1. The minimum Gasteiger partial charge on any atom is -0.506 e. The number of aromatic nitrogens is 2. The summed E-state index contributed by atoms with van der Waals surface area (Å²) in [5.74, 6) is -0.128. The van der Waals surface area contributed by atoms with Crippen LogP contribution in [0.4, 0.5) is 5.69 Å². The van der Waals surface area contributed by atoms with Crippen molar-refractivity contribution in [3.63, 3.8) is 0 Å². The molecule has 6 heteroatoms. The van der Waals surface area contributed by atoms with Crippen LogP contribution in [0.25, 0.3) is 0 Å². The van der Waals surface area contributed by atoms with Gasteiger partial charge in [0.25, 0.3) is 5.91 Å². The molecular formula is C13H14BrN3O2. The van der Waals surface area contributed by atoms with Crippen molar-refractivity contribution in [3.8, 4) is 5.75 Å². The second kappa shape index (κ2) is 5.44. The van der Waals surface area contributed by atoms with Crippen LogP contribution < -0.4 is 5.32 Å². The first kappa shape index (κ1) is 13.6. The number of para-hydroxylation sites is 2. The summed E-state index contributed by atoms with van der Waals surface area (Å²) < 4.78 is 0.649. The molecule has 3 N–H and O–H groups in total. The van der Waals surface area contributed by atoms with E-state index in [0.29, 0.717) is 10.2 Å². The number of halogens is 1. The van der Waals surface area contributed by atoms with Gasteiger partial charge in [0.15, 0.2) is 5.69 Å². The molecule has 0 fully saturated rings. The van der Waals surface area contributed by atoms with Crippen molar-refractivity contribution in [1.82, 2.24) is 10.2 Å². The van der Waals surface area contributed by atoms with E-state index < -0.39 is 0 Å². The predicted octanol–water partition coefficient (Wildman–Crippen LogP) is 3.25. The molecular weight excluding hydrogens is 310 g/mol. The number of anilines is 1. The van der Waals surface area contributed by atoms with Crippen LogP contribution in [-0.2, 0) is 0 Å². The highest BCUT2D eigenvalue weighted by Crippen LogP contribution is 2.27. The Balaban J connectivity index is 2.24. The number of rotatable bonds is 3. The van der Waals surface area contributed by atoms with Crippen LogP contribution in [0.3, 0.4) is 0 Å². The summed E-state index contributed by atoms with van der Waals surface area (Å²) in [6.07, 6.45) is 0. The number of hydrogen-bond donors (Lipinski definition) is 3. The van der Waals surface area contributed by atoms with Gasteiger partial charge in [-0.3, -0.25) is 9.89 Å². The number of carbonyl (C=O) groups is 1. The molecule has 100 valence electrons. The number of nitrogens with one attached hydrogen (secondary N) is 2. The minimum atomic E-state index is -0.378. The van der Waals surface area contributed by atoms with E-state index in [9.17, 15) is 9.90 Å². The van der Waals surface area contributed by atoms with Crippen molar-refractivity contribution in [2.45, 2.75) is 19.8 Å². The van der Waals surface area contributed by atoms with Gasteiger partial charge in [0.1, 0.15) is 5.75 Å². The molecule has 1 amide bonds. The zero-order chi connectivity index (χ0) is 14.0. The monoisotopic (exact) mass is 323 g/mol. The van der Waals surface area contributed by atoms with E-state index in [4.69, 9.17) is 0 Å². The predicted molar refractivity (Wildman–Crippen MR) is 76.4 cm³/mol. The molecule has 0 bridgehead atoms. The van der Waals surface area contributed by atoms with Crippen molar-refractivity contribution in [2.24, 2.45) is 0 Å². The number of carbonyl (C=O) groups excluding carboxylic acids is 1. The average Bonchev–Trinajstić information content (AvgIpc) is 2.74. The van der Waals surface area contributed by atoms with E-state index in [2.05, 4.69) is 31.4 Å². The lowest BCUT2D eigenvalue weighted by molar-refractivity contribution is 0.102. The molecule has 0 aliphatic rings. The van der Waals surface area contributed by atoms with Crippen LogP contribution in [0.2, 0.25) is 0 Å². The molecule has 0 unspecified atom stereocenters. The molecule has 0 radical (unpaired) electrons. The molecule has 0 spiro atoms. The largest absolute Gasteiger partial charge is 0.506 e. The number of H-pyrrole nitrogens is 1. The fourth-order valence-electron chi connectivity index (χ4n) is 1.64. The van der Waals surface area contributed by atoms with Gasteiger partial charge in [-0.25, -0.2) is 0 Å². The van der Waals surface area contributed by atoms with Crippen LogP contribution in [0.5, 0.6) is 5.75 Å². The summed E-state index contributed by atoms with van der Waals surface area (Å²) in [4.78, 5) is 12.1. The highest BCUT2D eigenvalue weighted by atomic mass is 79.9. The van der Waals surface area contributed by atoms with Crippen LogP contribution in [0.1, 0.15) is 35.9 Å². The molecule has 1 aromatic carbocycles. The number of hydrogen-bond acceptors (Lipinski definition) is 3. The molecule has 0 aliphatic carbocycles. The van der Waals surface area contributed by atoms with Crippen LogP contribution >= 0.6 is 15.9 Å². The highest BCUT2D eigenvalue weighted by Gasteiger charge is 2.19. The summed E-state index contributed by atoms with van der Waals surface area (Å²) in [6, 6.07) is 6.55. The smallest absolute Gasteiger partial charge is 0.277 e. The topological polar surface area (TPSA) is 78.0 Å². The Morgan fingerprint density at radius 1 is 1.42 bits per heavy atom. The lowest BCUT2D eigenvalue weighted by Gasteiger charge is -2.05. The SMILES string of the molecule is CC(C)c1[nH]nc(C(=O)Nc2ccccc2O)c1Br. The van der Waals surface area contributed by atoms with Gasteiger partial charge in [0.05, 0.1) is 15.9 Å². The highest BCUT2D eigenvalue weighted by molar-refractivity contribution is 9.10. The van der Waals surface area contributed by atoms with E-state index in [1.165, 1.54) is 6.07 Å². The molecule has 2 rings (SSSR count). The Bertz CT molecular complexity index is 608. The summed E-state index contributed by atoms with van der Waals surface area (Å²) in [5, 5.41) is 19.1. The Morgan fingerprint density at radius 2 is 2.11 bits per heavy atom. The van der Waals surface area contributed by atoms with Gasteiger partial charge in [0, 0.05) is 0 Å². The van der Waals surface area contributed by atoms with Gasteiger partial charge in [-0.15, -0.1) is 0 Å². The fraction of sp³-hybridized carbons (Fsp3) is 0.231. The Kier molecular flexibility index (Phi) is 3.90. The maximum atomic E-state index is 12.1. The molecule has 0 saturated heterocycles.